The number of hydrogen-bond donors (Lipinski definition) is 1. The molecular weight excluding hydrogens is 236 g/mol. The maximum Gasteiger partial charge on any atom is 0.332 e. The van der Waals surface area contributed by atoms with Gasteiger partial charge in [-0.15, -0.1) is 0 Å². The highest BCUT2D eigenvalue weighted by atomic mass is 16.5. The minimum Gasteiger partial charge on any atom is -0.464 e. The van der Waals surface area contributed by atoms with Gasteiger partial charge in [0.1, 0.15) is 0 Å². The molecule has 0 aromatic heterocycles. The molecular formula is C12H22N2O4. The lowest BCUT2D eigenvalue weighted by atomic mass is 10.1. The van der Waals surface area contributed by atoms with E-state index in [0.717, 1.165) is 6.42 Å². The average Bonchev–Trinajstić information content (AvgIpc) is 2.37. The van der Waals surface area contributed by atoms with Gasteiger partial charge in [-0.05, 0) is 20.3 Å². The molecule has 1 rings (SSSR count). The zero-order valence-corrected chi connectivity index (χ0v) is 11.2. The van der Waals surface area contributed by atoms with Gasteiger partial charge in [0.15, 0.2) is 6.04 Å². The van der Waals surface area contributed by atoms with Gasteiger partial charge in [-0.1, -0.05) is 6.92 Å². The molecule has 0 aliphatic carbocycles. The van der Waals surface area contributed by atoms with Gasteiger partial charge in [-0.2, -0.15) is 0 Å². The fourth-order valence-corrected chi connectivity index (χ4v) is 1.96. The Morgan fingerprint density at radius 3 is 2.72 bits per heavy atom. The predicted molar refractivity (Wildman–Crippen MR) is 65.8 cm³/mol. The van der Waals surface area contributed by atoms with E-state index >= 15 is 0 Å². The molecule has 1 aliphatic heterocycles. The second kappa shape index (κ2) is 6.70. The van der Waals surface area contributed by atoms with Crippen molar-refractivity contribution in [2.24, 2.45) is 5.73 Å². The maximum absolute atomic E-state index is 12.2. The van der Waals surface area contributed by atoms with E-state index in [1.165, 1.54) is 0 Å². The first-order valence-electron chi connectivity index (χ1n) is 6.35. The molecule has 0 bridgehead atoms. The van der Waals surface area contributed by atoms with Crippen LogP contribution in [0.15, 0.2) is 0 Å². The zero-order chi connectivity index (χ0) is 13.7. The van der Waals surface area contributed by atoms with E-state index in [1.54, 1.807) is 11.8 Å². The third kappa shape index (κ3) is 3.43. The minimum atomic E-state index is -1.23. The number of nitrogens with zero attached hydrogens (tertiary/aromatic N) is 1. The first kappa shape index (κ1) is 14.9. The van der Waals surface area contributed by atoms with Gasteiger partial charge in [-0.3, -0.25) is 4.79 Å². The molecule has 3 atom stereocenters. The van der Waals surface area contributed by atoms with E-state index in [4.69, 9.17) is 15.2 Å². The molecule has 6 nitrogen and oxygen atoms in total. The topological polar surface area (TPSA) is 81.9 Å². The lowest BCUT2D eigenvalue weighted by molar-refractivity contribution is -0.156. The standard InChI is InChI=1S/C12H22N2O4/c1-4-9-7-18-8(3)6-14(9)11(15)10(13)12(16)17-5-2/h8-10H,4-7,13H2,1-3H3. The Bertz CT molecular complexity index is 308. The number of hydrogen-bond acceptors (Lipinski definition) is 5. The van der Waals surface area contributed by atoms with Gasteiger partial charge in [0, 0.05) is 6.54 Å². The molecule has 0 aromatic carbocycles. The van der Waals surface area contributed by atoms with Crippen LogP contribution in [0.3, 0.4) is 0 Å². The Hall–Kier alpha value is -1.14. The highest BCUT2D eigenvalue weighted by Gasteiger charge is 2.35. The van der Waals surface area contributed by atoms with Gasteiger partial charge in [0.25, 0.3) is 5.91 Å². The molecule has 1 amide bonds. The number of carbonyl (C=O) groups is 2. The van der Waals surface area contributed by atoms with E-state index in [0.29, 0.717) is 13.2 Å². The molecule has 2 N–H and O–H groups in total. The number of amides is 1. The predicted octanol–water partition coefficient (Wildman–Crippen LogP) is -0.0973. The van der Waals surface area contributed by atoms with E-state index in [2.05, 4.69) is 0 Å². The number of carbonyl (C=O) groups excluding carboxylic acids is 2. The van der Waals surface area contributed by atoms with Crippen LogP contribution in [0, 0.1) is 0 Å². The number of nitrogens with two attached hydrogens (primary N) is 1. The summed E-state index contributed by atoms with van der Waals surface area (Å²) in [5, 5.41) is 0. The van der Waals surface area contributed by atoms with Crippen LogP contribution in [-0.4, -0.2) is 54.7 Å². The van der Waals surface area contributed by atoms with Crippen molar-refractivity contribution in [1.29, 1.82) is 0 Å². The van der Waals surface area contributed by atoms with Gasteiger partial charge in [0.2, 0.25) is 0 Å². The highest BCUT2D eigenvalue weighted by Crippen LogP contribution is 2.15. The molecule has 1 aliphatic rings. The summed E-state index contributed by atoms with van der Waals surface area (Å²) < 4.78 is 10.3. The van der Waals surface area contributed by atoms with Gasteiger partial charge in [0.05, 0.1) is 25.4 Å². The van der Waals surface area contributed by atoms with Crippen LogP contribution in [0.5, 0.6) is 0 Å². The number of rotatable bonds is 4. The van der Waals surface area contributed by atoms with Crippen molar-refractivity contribution in [2.45, 2.75) is 45.4 Å². The van der Waals surface area contributed by atoms with E-state index < -0.39 is 12.0 Å². The number of morpholine rings is 1. The summed E-state index contributed by atoms with van der Waals surface area (Å²) in [5.74, 6) is -1.05. The van der Waals surface area contributed by atoms with Crippen molar-refractivity contribution in [3.8, 4) is 0 Å². The maximum atomic E-state index is 12.2. The summed E-state index contributed by atoms with van der Waals surface area (Å²) in [4.78, 5) is 25.3. The zero-order valence-electron chi connectivity index (χ0n) is 11.2. The summed E-state index contributed by atoms with van der Waals surface area (Å²) in [6.45, 7) is 6.71. The molecule has 1 saturated heterocycles. The van der Waals surface area contributed by atoms with Crippen molar-refractivity contribution in [3.63, 3.8) is 0 Å². The van der Waals surface area contributed by atoms with Crippen LogP contribution in [0.25, 0.3) is 0 Å². The molecule has 0 saturated carbocycles. The van der Waals surface area contributed by atoms with Crippen molar-refractivity contribution in [2.75, 3.05) is 19.8 Å². The molecule has 104 valence electrons. The first-order chi connectivity index (χ1) is 8.51. The second-order valence-electron chi connectivity index (χ2n) is 4.43. The van der Waals surface area contributed by atoms with Crippen LogP contribution in [0.4, 0.5) is 0 Å². The second-order valence-corrected chi connectivity index (χ2v) is 4.43. The molecule has 3 unspecified atom stereocenters. The Morgan fingerprint density at radius 2 is 2.17 bits per heavy atom. The summed E-state index contributed by atoms with van der Waals surface area (Å²) in [7, 11) is 0. The van der Waals surface area contributed by atoms with E-state index in [-0.39, 0.29) is 24.7 Å². The highest BCUT2D eigenvalue weighted by molar-refractivity contribution is 6.01. The summed E-state index contributed by atoms with van der Waals surface area (Å²) in [6, 6.07) is -1.25. The van der Waals surface area contributed by atoms with Gasteiger partial charge in [-0.25, -0.2) is 4.79 Å². The normalized spacial score (nSPS) is 25.7. The fourth-order valence-electron chi connectivity index (χ4n) is 1.96. The molecule has 1 heterocycles. The number of esters is 1. The van der Waals surface area contributed by atoms with E-state index in [9.17, 15) is 9.59 Å². The molecule has 1 fully saturated rings. The van der Waals surface area contributed by atoms with Crippen LogP contribution in [-0.2, 0) is 19.1 Å². The van der Waals surface area contributed by atoms with Crippen LogP contribution < -0.4 is 5.73 Å². The van der Waals surface area contributed by atoms with Crippen molar-refractivity contribution in [1.82, 2.24) is 4.90 Å². The van der Waals surface area contributed by atoms with Crippen molar-refractivity contribution >= 4 is 11.9 Å². The lowest BCUT2D eigenvalue weighted by Crippen LogP contribution is -2.57. The van der Waals surface area contributed by atoms with Crippen molar-refractivity contribution < 1.29 is 19.1 Å². The Labute approximate surface area is 107 Å². The lowest BCUT2D eigenvalue weighted by Gasteiger charge is -2.39. The quantitative estimate of drug-likeness (QED) is 0.562. The Kier molecular flexibility index (Phi) is 5.55. The molecule has 0 aromatic rings. The Balaban J connectivity index is 2.70. The smallest absolute Gasteiger partial charge is 0.332 e. The molecule has 0 radical (unpaired) electrons. The SMILES string of the molecule is CCOC(=O)C(N)C(=O)N1CC(C)OCC1CC. The van der Waals surface area contributed by atoms with E-state index in [1.807, 2.05) is 13.8 Å². The fraction of sp³-hybridized carbons (Fsp3) is 0.833. The Morgan fingerprint density at radius 1 is 1.50 bits per heavy atom. The molecule has 0 spiro atoms. The summed E-state index contributed by atoms with van der Waals surface area (Å²) >= 11 is 0. The summed E-state index contributed by atoms with van der Waals surface area (Å²) in [6.07, 6.45) is 0.736. The van der Waals surface area contributed by atoms with Crippen molar-refractivity contribution in [3.05, 3.63) is 0 Å². The first-order valence-corrected chi connectivity index (χ1v) is 6.35. The van der Waals surface area contributed by atoms with Crippen LogP contribution in [0.2, 0.25) is 0 Å². The third-order valence-corrected chi connectivity index (χ3v) is 3.03. The van der Waals surface area contributed by atoms with Crippen LogP contribution in [0.1, 0.15) is 27.2 Å². The van der Waals surface area contributed by atoms with Crippen LogP contribution >= 0.6 is 0 Å². The van der Waals surface area contributed by atoms with Gasteiger partial charge < -0.3 is 20.1 Å². The molecule has 6 heteroatoms. The third-order valence-electron chi connectivity index (χ3n) is 3.03. The molecule has 18 heavy (non-hydrogen) atoms. The monoisotopic (exact) mass is 258 g/mol. The summed E-state index contributed by atoms with van der Waals surface area (Å²) in [5.41, 5.74) is 5.63. The average molecular weight is 258 g/mol. The van der Waals surface area contributed by atoms with Gasteiger partial charge >= 0.3 is 5.97 Å². The largest absolute Gasteiger partial charge is 0.464 e. The number of ether oxygens (including phenoxy) is 2. The minimum absolute atomic E-state index is 0.0193.